The van der Waals surface area contributed by atoms with E-state index in [2.05, 4.69) is 22.3 Å². The van der Waals surface area contributed by atoms with Crippen molar-refractivity contribution in [3.63, 3.8) is 0 Å². The molecule has 0 saturated carbocycles. The van der Waals surface area contributed by atoms with E-state index in [9.17, 15) is 9.59 Å². The zero-order chi connectivity index (χ0) is 17.8. The van der Waals surface area contributed by atoms with Crippen molar-refractivity contribution in [3.8, 4) is 0 Å². The highest BCUT2D eigenvalue weighted by Gasteiger charge is 2.11. The smallest absolute Gasteiger partial charge is 0.264 e. The molecule has 0 aliphatic carbocycles. The number of carbonyl (C=O) groups is 1. The van der Waals surface area contributed by atoms with Gasteiger partial charge in [-0.2, -0.15) is 5.10 Å². The number of hydrogen-bond acceptors (Lipinski definition) is 4. The summed E-state index contributed by atoms with van der Waals surface area (Å²) in [5.41, 5.74) is 2.20. The third-order valence-corrected chi connectivity index (χ3v) is 4.09. The molecule has 1 N–H and O–H groups in total. The highest BCUT2D eigenvalue weighted by Crippen LogP contribution is 2.12. The molecule has 3 rings (SSSR count). The molecule has 0 bridgehead atoms. The molecule has 0 unspecified atom stereocenters. The first-order valence-corrected chi connectivity index (χ1v) is 8.34. The Bertz CT molecular complexity index is 940. The predicted octanol–water partition coefficient (Wildman–Crippen LogP) is 2.11. The van der Waals surface area contributed by atoms with Gasteiger partial charge in [-0.05, 0) is 30.5 Å². The Morgan fingerprint density at radius 2 is 2.00 bits per heavy atom. The van der Waals surface area contributed by atoms with Crippen LogP contribution >= 0.6 is 0 Å². The van der Waals surface area contributed by atoms with Crippen molar-refractivity contribution in [2.75, 3.05) is 5.32 Å². The summed E-state index contributed by atoms with van der Waals surface area (Å²) in [6.45, 7) is 2.07. The first-order chi connectivity index (χ1) is 12.1. The predicted molar refractivity (Wildman–Crippen MR) is 96.5 cm³/mol. The summed E-state index contributed by atoms with van der Waals surface area (Å²) in [6, 6.07) is 7.80. The van der Waals surface area contributed by atoms with Crippen molar-refractivity contribution in [1.82, 2.24) is 19.3 Å². The maximum Gasteiger partial charge on any atom is 0.264 e. The van der Waals surface area contributed by atoms with Crippen LogP contribution < -0.4 is 10.9 Å². The molecule has 0 aliphatic heterocycles. The third-order valence-electron chi connectivity index (χ3n) is 4.09. The van der Waals surface area contributed by atoms with Gasteiger partial charge in [-0.1, -0.05) is 25.5 Å². The lowest BCUT2D eigenvalue weighted by atomic mass is 10.1. The fourth-order valence-electron chi connectivity index (χ4n) is 2.67. The summed E-state index contributed by atoms with van der Waals surface area (Å²) in [7, 11) is 1.72. The average Bonchev–Trinajstić information content (AvgIpc) is 2.98. The van der Waals surface area contributed by atoms with Crippen LogP contribution in [0.15, 0.2) is 41.6 Å². The van der Waals surface area contributed by atoms with Gasteiger partial charge in [-0.15, -0.1) is 0 Å². The number of fused-ring (bicyclic) bond motifs is 1. The monoisotopic (exact) mass is 339 g/mol. The number of aromatic nitrogens is 4. The van der Waals surface area contributed by atoms with E-state index in [-0.39, 0.29) is 18.0 Å². The molecule has 0 fully saturated rings. The second kappa shape index (κ2) is 7.29. The zero-order valence-electron chi connectivity index (χ0n) is 14.4. The molecule has 0 atom stereocenters. The number of benzene rings is 1. The second-order valence-corrected chi connectivity index (χ2v) is 6.03. The summed E-state index contributed by atoms with van der Waals surface area (Å²) >= 11 is 0. The molecular weight excluding hydrogens is 318 g/mol. The maximum absolute atomic E-state index is 12.4. The molecule has 130 valence electrons. The molecule has 7 nitrogen and oxygen atoms in total. The lowest BCUT2D eigenvalue weighted by Crippen LogP contribution is -2.27. The molecule has 1 aromatic carbocycles. The van der Waals surface area contributed by atoms with E-state index >= 15 is 0 Å². The van der Waals surface area contributed by atoms with E-state index in [4.69, 9.17) is 0 Å². The highest BCUT2D eigenvalue weighted by molar-refractivity contribution is 5.90. The first-order valence-electron chi connectivity index (χ1n) is 8.34. The molecular formula is C18H21N5O2. The Morgan fingerprint density at radius 3 is 2.72 bits per heavy atom. The Kier molecular flexibility index (Phi) is 4.92. The molecule has 3 aromatic rings. The Balaban J connectivity index is 1.68. The molecule has 7 heteroatoms. The molecule has 0 aliphatic rings. The van der Waals surface area contributed by atoms with Crippen LogP contribution in [0.3, 0.4) is 0 Å². The van der Waals surface area contributed by atoms with Crippen molar-refractivity contribution < 1.29 is 4.79 Å². The van der Waals surface area contributed by atoms with Gasteiger partial charge in [0.1, 0.15) is 18.3 Å². The van der Waals surface area contributed by atoms with Crippen LogP contribution in [0, 0.1) is 0 Å². The van der Waals surface area contributed by atoms with Gasteiger partial charge in [0, 0.05) is 12.7 Å². The average molecular weight is 339 g/mol. The number of rotatable bonds is 6. The van der Waals surface area contributed by atoms with E-state index in [1.54, 1.807) is 7.05 Å². The number of carbonyl (C=O) groups excluding carboxylic acids is 1. The SMILES string of the molecule is CCCCc1ccc(NC(=O)Cn2cnc3c(cnn3C)c2=O)cc1. The number of aryl methyl sites for hydroxylation is 2. The van der Waals surface area contributed by atoms with E-state index in [0.717, 1.165) is 19.3 Å². The summed E-state index contributed by atoms with van der Waals surface area (Å²) in [4.78, 5) is 28.8. The van der Waals surface area contributed by atoms with Crippen molar-refractivity contribution in [2.24, 2.45) is 7.05 Å². The lowest BCUT2D eigenvalue weighted by molar-refractivity contribution is -0.116. The van der Waals surface area contributed by atoms with Crippen LogP contribution in [0.4, 0.5) is 5.69 Å². The topological polar surface area (TPSA) is 81.8 Å². The van der Waals surface area contributed by atoms with Gasteiger partial charge in [0.25, 0.3) is 5.56 Å². The van der Waals surface area contributed by atoms with E-state index in [1.807, 2.05) is 24.3 Å². The highest BCUT2D eigenvalue weighted by atomic mass is 16.2. The Labute approximate surface area is 145 Å². The standard InChI is InChI=1S/C18H21N5O2/c1-3-4-5-13-6-8-14(9-7-13)21-16(24)11-23-12-19-17-15(18(23)25)10-20-22(17)2/h6-10,12H,3-5,11H2,1-2H3,(H,21,24). The number of anilines is 1. The Morgan fingerprint density at radius 1 is 1.24 bits per heavy atom. The summed E-state index contributed by atoms with van der Waals surface area (Å²) in [6.07, 6.45) is 6.19. The lowest BCUT2D eigenvalue weighted by Gasteiger charge is -2.08. The van der Waals surface area contributed by atoms with Crippen molar-refractivity contribution in [1.29, 1.82) is 0 Å². The number of unbranched alkanes of at least 4 members (excludes halogenated alkanes) is 1. The van der Waals surface area contributed by atoms with Crippen molar-refractivity contribution >= 4 is 22.6 Å². The maximum atomic E-state index is 12.4. The van der Waals surface area contributed by atoms with Crippen molar-refractivity contribution in [3.05, 3.63) is 52.7 Å². The van der Waals surface area contributed by atoms with Gasteiger partial charge in [-0.25, -0.2) is 4.98 Å². The second-order valence-electron chi connectivity index (χ2n) is 6.03. The van der Waals surface area contributed by atoms with E-state index < -0.39 is 0 Å². The summed E-state index contributed by atoms with van der Waals surface area (Å²) in [5, 5.41) is 7.22. The van der Waals surface area contributed by atoms with Crippen LogP contribution in [-0.4, -0.2) is 25.2 Å². The normalized spacial score (nSPS) is 11.0. The molecule has 0 saturated heterocycles. The van der Waals surface area contributed by atoms with Gasteiger partial charge in [0.05, 0.1) is 6.20 Å². The van der Waals surface area contributed by atoms with Crippen LogP contribution in [0.2, 0.25) is 0 Å². The molecule has 2 aromatic heterocycles. The number of hydrogen-bond donors (Lipinski definition) is 1. The van der Waals surface area contributed by atoms with Gasteiger partial charge in [0.2, 0.25) is 5.91 Å². The van der Waals surface area contributed by atoms with Crippen LogP contribution in [0.1, 0.15) is 25.3 Å². The molecule has 25 heavy (non-hydrogen) atoms. The van der Waals surface area contributed by atoms with Gasteiger partial charge >= 0.3 is 0 Å². The largest absolute Gasteiger partial charge is 0.325 e. The van der Waals surface area contributed by atoms with Gasteiger partial charge in [-0.3, -0.25) is 18.8 Å². The minimum absolute atomic E-state index is 0.0890. The van der Waals surface area contributed by atoms with Gasteiger partial charge in [0.15, 0.2) is 5.65 Å². The zero-order valence-corrected chi connectivity index (χ0v) is 14.4. The van der Waals surface area contributed by atoms with Crippen LogP contribution in [0.5, 0.6) is 0 Å². The minimum atomic E-state index is -0.275. The Hall–Kier alpha value is -2.96. The molecule has 0 radical (unpaired) electrons. The first kappa shape index (κ1) is 16.9. The number of amides is 1. The minimum Gasteiger partial charge on any atom is -0.325 e. The fraction of sp³-hybridized carbons (Fsp3) is 0.333. The van der Waals surface area contributed by atoms with Gasteiger partial charge < -0.3 is 5.32 Å². The number of nitrogens with one attached hydrogen (secondary N) is 1. The fourth-order valence-corrected chi connectivity index (χ4v) is 2.67. The molecule has 1 amide bonds. The summed E-state index contributed by atoms with van der Waals surface area (Å²) < 4.78 is 2.82. The molecule has 0 spiro atoms. The summed E-state index contributed by atoms with van der Waals surface area (Å²) in [5.74, 6) is -0.270. The van der Waals surface area contributed by atoms with E-state index in [1.165, 1.54) is 27.3 Å². The van der Waals surface area contributed by atoms with Crippen molar-refractivity contribution in [2.45, 2.75) is 32.7 Å². The van der Waals surface area contributed by atoms with E-state index in [0.29, 0.717) is 16.7 Å². The van der Waals surface area contributed by atoms with Crippen LogP contribution in [-0.2, 0) is 24.8 Å². The van der Waals surface area contributed by atoms with Crippen LogP contribution in [0.25, 0.3) is 11.0 Å². The third kappa shape index (κ3) is 3.76. The quantitative estimate of drug-likeness (QED) is 0.746. The molecule has 2 heterocycles. The number of nitrogens with zero attached hydrogens (tertiary/aromatic N) is 4.